The average Bonchev–Trinajstić information content (AvgIpc) is 2.69. The number of methoxy groups -OCH3 is 1. The molecule has 34 heavy (non-hydrogen) atoms. The van der Waals surface area contributed by atoms with E-state index in [1.807, 2.05) is 40.7 Å². The third-order valence-corrected chi connectivity index (χ3v) is 7.88. The van der Waals surface area contributed by atoms with Crippen LogP contribution in [0, 0.1) is 29.1 Å². The first-order valence-corrected chi connectivity index (χ1v) is 12.2. The minimum atomic E-state index is -1.79. The zero-order valence-electron chi connectivity index (χ0n) is 22.6. The summed E-state index contributed by atoms with van der Waals surface area (Å²) in [5.74, 6) is -4.46. The predicted octanol–water partition coefficient (Wildman–Crippen LogP) is 2.96. The quantitative estimate of drug-likeness (QED) is 0.280. The van der Waals surface area contributed by atoms with E-state index in [-0.39, 0.29) is 24.7 Å². The highest BCUT2D eigenvalue weighted by molar-refractivity contribution is 5.67. The highest BCUT2D eigenvalue weighted by Crippen LogP contribution is 2.52. The lowest BCUT2D eigenvalue weighted by Crippen LogP contribution is -2.66. The topological polar surface area (TPSA) is 137 Å². The molecule has 1 aliphatic heterocycles. The Kier molecular flexibility index (Phi) is 10.4. The number of aliphatic hydroxyl groups is 4. The molecule has 5 N–H and O–H groups in total. The maximum atomic E-state index is 11.8. The summed E-state index contributed by atoms with van der Waals surface area (Å²) < 4.78 is 11.8. The molecule has 0 aromatic heterocycles. The van der Waals surface area contributed by atoms with Gasteiger partial charge < -0.3 is 35.0 Å². The smallest absolute Gasteiger partial charge is 0.305 e. The van der Waals surface area contributed by atoms with Crippen molar-refractivity contribution in [3.05, 3.63) is 11.6 Å². The lowest BCUT2D eigenvalue weighted by atomic mass is 9.64. The van der Waals surface area contributed by atoms with Crippen LogP contribution < -0.4 is 0 Å². The highest BCUT2D eigenvalue weighted by Gasteiger charge is 2.61. The summed E-state index contributed by atoms with van der Waals surface area (Å²) in [5.41, 5.74) is -1.68. The number of hydrogen-bond donors (Lipinski definition) is 5. The van der Waals surface area contributed by atoms with Crippen LogP contribution in [-0.4, -0.2) is 74.4 Å². The molecular weight excluding hydrogens is 440 g/mol. The second kappa shape index (κ2) is 11.4. The van der Waals surface area contributed by atoms with Crippen molar-refractivity contribution in [2.45, 2.75) is 111 Å². The average molecular weight is 489 g/mol. The molecule has 1 aliphatic rings. The number of rotatable bonds is 11. The number of carboxylic acid groups (broad SMARTS) is 1. The first kappa shape index (κ1) is 31.0. The van der Waals surface area contributed by atoms with Gasteiger partial charge in [-0.15, -0.1) is 0 Å². The normalized spacial score (nSPS) is 33.2. The van der Waals surface area contributed by atoms with Gasteiger partial charge in [-0.1, -0.05) is 53.2 Å². The van der Waals surface area contributed by atoms with Crippen molar-refractivity contribution < 1.29 is 39.8 Å². The molecule has 200 valence electrons. The third-order valence-electron chi connectivity index (χ3n) is 7.88. The van der Waals surface area contributed by atoms with Crippen molar-refractivity contribution in [3.8, 4) is 0 Å². The Bertz CT molecular complexity index is 714. The standard InChI is InChI=1S/C26H48O8/c1-14(2)11-15(3)21(29)25(9,31)22(30)16(4)12-17(5)26(32)24(7,8)23(33-10)18(6)19(34-26)13-20(27)28/h11,15-19,21-23,29-32H,12-13H2,1-10H3,(H,27,28)/t15-,16-,17+,18-,19-,21+,22-,23-,25-,26-/m0/s1. The van der Waals surface area contributed by atoms with Gasteiger partial charge in [0.1, 0.15) is 5.60 Å². The minimum Gasteiger partial charge on any atom is -0.481 e. The Hall–Kier alpha value is -1.03. The fourth-order valence-corrected chi connectivity index (χ4v) is 5.95. The van der Waals surface area contributed by atoms with E-state index >= 15 is 0 Å². The summed E-state index contributed by atoms with van der Waals surface area (Å²) in [6, 6.07) is 0. The van der Waals surface area contributed by atoms with Gasteiger partial charge in [0, 0.05) is 30.3 Å². The number of carboxylic acids is 1. The van der Waals surface area contributed by atoms with Crippen molar-refractivity contribution in [1.82, 2.24) is 0 Å². The molecule has 0 bridgehead atoms. The fourth-order valence-electron chi connectivity index (χ4n) is 5.95. The molecule has 0 unspecified atom stereocenters. The molecule has 1 fully saturated rings. The van der Waals surface area contributed by atoms with Crippen LogP contribution in [0.4, 0.5) is 0 Å². The predicted molar refractivity (Wildman–Crippen MR) is 130 cm³/mol. The van der Waals surface area contributed by atoms with E-state index in [0.29, 0.717) is 0 Å². The molecule has 0 aromatic carbocycles. The number of carbonyl (C=O) groups is 1. The zero-order chi connectivity index (χ0) is 26.8. The van der Waals surface area contributed by atoms with Crippen molar-refractivity contribution in [1.29, 1.82) is 0 Å². The van der Waals surface area contributed by atoms with Gasteiger partial charge >= 0.3 is 5.97 Å². The number of aliphatic hydroxyl groups excluding tert-OH is 2. The van der Waals surface area contributed by atoms with Crippen molar-refractivity contribution >= 4 is 5.97 Å². The number of hydrogen-bond acceptors (Lipinski definition) is 7. The van der Waals surface area contributed by atoms with E-state index in [1.54, 1.807) is 20.8 Å². The second-order valence-corrected chi connectivity index (χ2v) is 11.5. The number of aliphatic carboxylic acids is 1. The molecule has 1 heterocycles. The van der Waals surface area contributed by atoms with E-state index in [9.17, 15) is 30.3 Å². The molecule has 0 radical (unpaired) electrons. The van der Waals surface area contributed by atoms with Gasteiger partial charge in [0.2, 0.25) is 0 Å². The maximum absolute atomic E-state index is 11.8. The highest BCUT2D eigenvalue weighted by atomic mass is 16.6. The molecule has 0 saturated carbocycles. The molecule has 8 nitrogen and oxygen atoms in total. The molecule has 0 aromatic rings. The molecule has 0 spiro atoms. The van der Waals surface area contributed by atoms with Gasteiger partial charge in [-0.2, -0.15) is 0 Å². The molecule has 0 amide bonds. The van der Waals surface area contributed by atoms with Crippen molar-refractivity contribution in [2.75, 3.05) is 7.11 Å². The summed E-state index contributed by atoms with van der Waals surface area (Å²) in [7, 11) is 1.54. The van der Waals surface area contributed by atoms with Gasteiger partial charge in [0.05, 0.1) is 30.8 Å². The van der Waals surface area contributed by atoms with Gasteiger partial charge in [0.15, 0.2) is 5.79 Å². The fraction of sp³-hybridized carbons (Fsp3) is 0.885. The van der Waals surface area contributed by atoms with Crippen molar-refractivity contribution in [2.24, 2.45) is 29.1 Å². The summed E-state index contributed by atoms with van der Waals surface area (Å²) in [6.07, 6.45) is -1.86. The molecule has 0 aliphatic carbocycles. The molecule has 8 heteroatoms. The summed E-state index contributed by atoms with van der Waals surface area (Å²) in [4.78, 5) is 11.4. The Morgan fingerprint density at radius 1 is 1.18 bits per heavy atom. The molecule has 1 rings (SSSR count). The zero-order valence-corrected chi connectivity index (χ0v) is 22.6. The second-order valence-electron chi connectivity index (χ2n) is 11.5. The van der Waals surface area contributed by atoms with Crippen LogP contribution >= 0.6 is 0 Å². The third kappa shape index (κ3) is 6.20. The van der Waals surface area contributed by atoms with E-state index in [1.165, 1.54) is 14.0 Å². The Balaban J connectivity index is 3.17. The van der Waals surface area contributed by atoms with Crippen LogP contribution in [-0.2, 0) is 14.3 Å². The lowest BCUT2D eigenvalue weighted by molar-refractivity contribution is -0.374. The summed E-state index contributed by atoms with van der Waals surface area (Å²) >= 11 is 0. The van der Waals surface area contributed by atoms with Crippen LogP contribution in [0.1, 0.15) is 75.2 Å². The summed E-state index contributed by atoms with van der Waals surface area (Å²) in [6.45, 7) is 16.0. The van der Waals surface area contributed by atoms with Crippen LogP contribution in [0.25, 0.3) is 0 Å². The lowest BCUT2D eigenvalue weighted by Gasteiger charge is -2.57. The van der Waals surface area contributed by atoms with Crippen LogP contribution in [0.5, 0.6) is 0 Å². The van der Waals surface area contributed by atoms with Crippen LogP contribution in [0.2, 0.25) is 0 Å². The first-order chi connectivity index (χ1) is 15.3. The van der Waals surface area contributed by atoms with E-state index in [2.05, 4.69) is 0 Å². The summed E-state index contributed by atoms with van der Waals surface area (Å²) in [5, 5.41) is 54.0. The molecule has 1 saturated heterocycles. The van der Waals surface area contributed by atoms with E-state index in [0.717, 1.165) is 5.57 Å². The number of ether oxygens (including phenoxy) is 2. The van der Waals surface area contributed by atoms with Crippen LogP contribution in [0.3, 0.4) is 0 Å². The minimum absolute atomic E-state index is 0.256. The SMILES string of the molecule is CO[C@H]1[C@@H](C)[C@H](CC(=O)O)O[C@@](O)([C@H](C)C[C@H](C)[C@H](O)[C@@](C)(O)[C@H](O)[C@@H](C)C=C(C)C)C1(C)C. The van der Waals surface area contributed by atoms with E-state index < -0.39 is 59.0 Å². The van der Waals surface area contributed by atoms with Gasteiger partial charge in [-0.25, -0.2) is 0 Å². The van der Waals surface area contributed by atoms with E-state index in [4.69, 9.17) is 9.47 Å². The molecule has 10 atom stereocenters. The van der Waals surface area contributed by atoms with Crippen molar-refractivity contribution in [3.63, 3.8) is 0 Å². The largest absolute Gasteiger partial charge is 0.481 e. The molecular formula is C26H48O8. The Labute approximate surface area is 205 Å². The van der Waals surface area contributed by atoms with Gasteiger partial charge in [0.25, 0.3) is 0 Å². The number of allylic oxidation sites excluding steroid dienone is 1. The monoisotopic (exact) mass is 488 g/mol. The Morgan fingerprint density at radius 2 is 1.71 bits per heavy atom. The Morgan fingerprint density at radius 3 is 2.15 bits per heavy atom. The maximum Gasteiger partial charge on any atom is 0.305 e. The van der Waals surface area contributed by atoms with Crippen LogP contribution in [0.15, 0.2) is 11.6 Å². The van der Waals surface area contributed by atoms with Gasteiger partial charge in [-0.3, -0.25) is 4.79 Å². The first-order valence-electron chi connectivity index (χ1n) is 12.2. The van der Waals surface area contributed by atoms with Gasteiger partial charge in [-0.05, 0) is 33.1 Å².